The quantitative estimate of drug-likeness (QED) is 0.682. The number of nitrogen functional groups attached to an aromatic ring is 1. The largest absolute Gasteiger partial charge is 0.399 e. The molecule has 70 valence electrons. The van der Waals surface area contributed by atoms with Gasteiger partial charge in [-0.2, -0.15) is 0 Å². The molecule has 1 aromatic carbocycles. The van der Waals surface area contributed by atoms with E-state index in [1.807, 2.05) is 12.1 Å². The van der Waals surface area contributed by atoms with Crippen molar-refractivity contribution < 1.29 is 4.79 Å². The zero-order valence-corrected chi connectivity index (χ0v) is 7.87. The molecule has 0 saturated heterocycles. The Hall–Kier alpha value is -1.35. The van der Waals surface area contributed by atoms with Crippen molar-refractivity contribution in [1.29, 1.82) is 0 Å². The summed E-state index contributed by atoms with van der Waals surface area (Å²) in [5.41, 5.74) is 7.20. The zero-order chi connectivity index (χ0) is 9.84. The van der Waals surface area contributed by atoms with Gasteiger partial charge in [0.05, 0.1) is 6.04 Å². The molecule has 0 spiro atoms. The van der Waals surface area contributed by atoms with Crippen molar-refractivity contribution in [3.8, 4) is 0 Å². The summed E-state index contributed by atoms with van der Waals surface area (Å²) >= 11 is 0. The van der Waals surface area contributed by atoms with Crippen LogP contribution in [0, 0.1) is 0 Å². The van der Waals surface area contributed by atoms with Crippen molar-refractivity contribution in [2.24, 2.45) is 0 Å². The van der Waals surface area contributed by atoms with Crippen LogP contribution in [0.1, 0.15) is 18.5 Å². The first kappa shape index (κ1) is 9.74. The number of carbonyl (C=O) groups excluding carboxylic acids is 1. The Morgan fingerprint density at radius 1 is 1.38 bits per heavy atom. The summed E-state index contributed by atoms with van der Waals surface area (Å²) in [6.45, 7) is 1.57. The molecule has 0 radical (unpaired) electrons. The molecular formula is C10H14N2O. The van der Waals surface area contributed by atoms with E-state index in [1.165, 1.54) is 0 Å². The monoisotopic (exact) mass is 178 g/mol. The third-order valence-corrected chi connectivity index (χ3v) is 1.97. The first-order valence-corrected chi connectivity index (χ1v) is 4.18. The first-order chi connectivity index (χ1) is 6.15. The van der Waals surface area contributed by atoms with Gasteiger partial charge < -0.3 is 11.1 Å². The van der Waals surface area contributed by atoms with E-state index in [-0.39, 0.29) is 11.8 Å². The highest BCUT2D eigenvalue weighted by molar-refractivity contribution is 5.82. The van der Waals surface area contributed by atoms with Gasteiger partial charge >= 0.3 is 0 Å². The van der Waals surface area contributed by atoms with E-state index in [0.29, 0.717) is 5.69 Å². The van der Waals surface area contributed by atoms with Crippen LogP contribution in [0.25, 0.3) is 0 Å². The van der Waals surface area contributed by atoms with E-state index in [0.717, 1.165) is 5.56 Å². The zero-order valence-electron chi connectivity index (χ0n) is 7.87. The molecule has 3 nitrogen and oxygen atoms in total. The van der Waals surface area contributed by atoms with Gasteiger partial charge in [0, 0.05) is 5.69 Å². The fourth-order valence-corrected chi connectivity index (χ4v) is 1.29. The predicted molar refractivity (Wildman–Crippen MR) is 53.3 cm³/mol. The van der Waals surface area contributed by atoms with Gasteiger partial charge in [0.15, 0.2) is 5.78 Å². The third kappa shape index (κ3) is 2.29. The Bertz CT molecular complexity index is 292. The molecule has 13 heavy (non-hydrogen) atoms. The van der Waals surface area contributed by atoms with Gasteiger partial charge in [0.2, 0.25) is 0 Å². The van der Waals surface area contributed by atoms with Crippen LogP contribution < -0.4 is 11.1 Å². The van der Waals surface area contributed by atoms with Crippen LogP contribution >= 0.6 is 0 Å². The molecule has 3 heteroatoms. The number of Topliss-reactive ketones (excluding diaryl/α,β-unsaturated/α-hetero) is 1. The molecule has 0 heterocycles. The van der Waals surface area contributed by atoms with Gasteiger partial charge in [-0.3, -0.25) is 4.79 Å². The number of rotatable bonds is 3. The van der Waals surface area contributed by atoms with Crippen LogP contribution in [0.3, 0.4) is 0 Å². The van der Waals surface area contributed by atoms with Crippen molar-refractivity contribution in [3.05, 3.63) is 29.8 Å². The minimum Gasteiger partial charge on any atom is -0.399 e. The fourth-order valence-electron chi connectivity index (χ4n) is 1.29. The minimum absolute atomic E-state index is 0.104. The molecule has 1 rings (SSSR count). The summed E-state index contributed by atoms with van der Waals surface area (Å²) in [5.74, 6) is 0.104. The van der Waals surface area contributed by atoms with E-state index in [2.05, 4.69) is 5.32 Å². The first-order valence-electron chi connectivity index (χ1n) is 4.18. The average Bonchev–Trinajstić information content (AvgIpc) is 2.09. The molecule has 1 atom stereocenters. The molecule has 1 aromatic rings. The van der Waals surface area contributed by atoms with Gasteiger partial charge in [0.1, 0.15) is 0 Å². The van der Waals surface area contributed by atoms with Gasteiger partial charge in [-0.1, -0.05) is 12.1 Å². The molecule has 0 amide bonds. The molecule has 0 bridgehead atoms. The highest BCUT2D eigenvalue weighted by atomic mass is 16.1. The summed E-state index contributed by atoms with van der Waals surface area (Å²) in [6.07, 6.45) is 0. The van der Waals surface area contributed by atoms with Crippen molar-refractivity contribution in [3.63, 3.8) is 0 Å². The lowest BCUT2D eigenvalue weighted by molar-refractivity contribution is -0.119. The van der Waals surface area contributed by atoms with Crippen LogP contribution in [0.4, 0.5) is 5.69 Å². The van der Waals surface area contributed by atoms with Crippen LogP contribution in [-0.4, -0.2) is 12.8 Å². The Balaban J connectivity index is 2.92. The molecule has 0 aliphatic carbocycles. The number of likely N-dealkylation sites (N-methyl/N-ethyl adjacent to an activating group) is 1. The summed E-state index contributed by atoms with van der Waals surface area (Å²) in [6, 6.07) is 7.08. The van der Waals surface area contributed by atoms with Gasteiger partial charge in [0.25, 0.3) is 0 Å². The lowest BCUT2D eigenvalue weighted by atomic mass is 10.0. The number of carbonyl (C=O) groups is 1. The number of nitrogens with one attached hydrogen (secondary N) is 1. The van der Waals surface area contributed by atoms with Crippen molar-refractivity contribution >= 4 is 11.5 Å². The van der Waals surface area contributed by atoms with E-state index >= 15 is 0 Å². The second-order valence-corrected chi connectivity index (χ2v) is 3.00. The van der Waals surface area contributed by atoms with Crippen LogP contribution in [-0.2, 0) is 4.79 Å². The topological polar surface area (TPSA) is 55.1 Å². The molecule has 0 aliphatic heterocycles. The maximum absolute atomic E-state index is 11.2. The van der Waals surface area contributed by atoms with E-state index in [1.54, 1.807) is 26.1 Å². The van der Waals surface area contributed by atoms with Crippen molar-refractivity contribution in [2.75, 3.05) is 12.8 Å². The summed E-state index contributed by atoms with van der Waals surface area (Å²) in [5, 5.41) is 2.95. The Labute approximate surface area is 77.9 Å². The highest BCUT2D eigenvalue weighted by Crippen LogP contribution is 2.14. The number of hydrogen-bond donors (Lipinski definition) is 2. The number of hydrogen-bond acceptors (Lipinski definition) is 3. The Kier molecular flexibility index (Phi) is 3.03. The second-order valence-electron chi connectivity index (χ2n) is 3.00. The standard InChI is InChI=1S/C10H14N2O/c1-7(13)10(12-2)8-3-5-9(11)6-4-8/h3-6,10,12H,11H2,1-2H3. The van der Waals surface area contributed by atoms with Crippen molar-refractivity contribution in [1.82, 2.24) is 5.32 Å². The van der Waals surface area contributed by atoms with E-state index in [9.17, 15) is 4.79 Å². The SMILES string of the molecule is CNC(C(C)=O)c1ccc(N)cc1. The average molecular weight is 178 g/mol. The summed E-state index contributed by atoms with van der Waals surface area (Å²) in [7, 11) is 1.77. The molecule has 0 saturated carbocycles. The smallest absolute Gasteiger partial charge is 0.151 e. The lowest BCUT2D eigenvalue weighted by Gasteiger charge is -2.12. The summed E-state index contributed by atoms with van der Waals surface area (Å²) in [4.78, 5) is 11.2. The Morgan fingerprint density at radius 3 is 2.31 bits per heavy atom. The number of ketones is 1. The number of nitrogens with two attached hydrogens (primary N) is 1. The fraction of sp³-hybridized carbons (Fsp3) is 0.300. The predicted octanol–water partition coefficient (Wildman–Crippen LogP) is 1.12. The van der Waals surface area contributed by atoms with Crippen LogP contribution in [0.2, 0.25) is 0 Å². The van der Waals surface area contributed by atoms with Gasteiger partial charge in [-0.15, -0.1) is 0 Å². The molecular weight excluding hydrogens is 164 g/mol. The third-order valence-electron chi connectivity index (χ3n) is 1.97. The van der Waals surface area contributed by atoms with Gasteiger partial charge in [-0.05, 0) is 31.7 Å². The normalized spacial score (nSPS) is 12.5. The Morgan fingerprint density at radius 2 is 1.92 bits per heavy atom. The maximum Gasteiger partial charge on any atom is 0.151 e. The molecule has 0 aliphatic rings. The van der Waals surface area contributed by atoms with Gasteiger partial charge in [-0.25, -0.2) is 0 Å². The highest BCUT2D eigenvalue weighted by Gasteiger charge is 2.12. The lowest BCUT2D eigenvalue weighted by Crippen LogP contribution is -2.23. The van der Waals surface area contributed by atoms with Crippen LogP contribution in [0.5, 0.6) is 0 Å². The van der Waals surface area contributed by atoms with Crippen molar-refractivity contribution in [2.45, 2.75) is 13.0 Å². The number of anilines is 1. The molecule has 3 N–H and O–H groups in total. The second kappa shape index (κ2) is 4.05. The minimum atomic E-state index is -0.222. The number of benzene rings is 1. The van der Waals surface area contributed by atoms with Crippen LogP contribution in [0.15, 0.2) is 24.3 Å². The maximum atomic E-state index is 11.2. The molecule has 0 aromatic heterocycles. The molecule has 0 fully saturated rings. The summed E-state index contributed by atoms with van der Waals surface area (Å²) < 4.78 is 0. The van der Waals surface area contributed by atoms with E-state index < -0.39 is 0 Å². The molecule has 1 unspecified atom stereocenters. The van der Waals surface area contributed by atoms with E-state index in [4.69, 9.17) is 5.73 Å².